The highest BCUT2D eigenvalue weighted by molar-refractivity contribution is 6.23. The average molecular weight is 530 g/mol. The first-order valence-electron chi connectivity index (χ1n) is 12.0. The van der Waals surface area contributed by atoms with Crippen LogP contribution in [0.15, 0.2) is 71.7 Å². The van der Waals surface area contributed by atoms with Crippen LogP contribution in [0.3, 0.4) is 0 Å². The van der Waals surface area contributed by atoms with Crippen LogP contribution in [0.4, 0.5) is 5.69 Å². The number of aromatic nitrogens is 1. The van der Waals surface area contributed by atoms with Gasteiger partial charge in [-0.25, -0.2) is 14.9 Å². The molecular formula is C29H27N3O7. The van der Waals surface area contributed by atoms with E-state index in [1.165, 1.54) is 20.0 Å². The lowest BCUT2D eigenvalue weighted by atomic mass is 9.98. The lowest BCUT2D eigenvalue weighted by Crippen LogP contribution is -2.28. The summed E-state index contributed by atoms with van der Waals surface area (Å²) in [4.78, 5) is 46.8. The molecule has 10 heteroatoms. The lowest BCUT2D eigenvalue weighted by Gasteiger charge is -2.16. The van der Waals surface area contributed by atoms with Crippen molar-refractivity contribution in [2.45, 2.75) is 13.8 Å². The molecule has 4 aromatic rings. The second-order valence-electron chi connectivity index (χ2n) is 8.78. The summed E-state index contributed by atoms with van der Waals surface area (Å²) in [6.07, 6.45) is 0. The van der Waals surface area contributed by atoms with E-state index in [9.17, 15) is 24.6 Å². The van der Waals surface area contributed by atoms with E-state index in [4.69, 9.17) is 14.9 Å². The maximum absolute atomic E-state index is 12.6. The molecule has 3 aromatic carbocycles. The Morgan fingerprint density at radius 2 is 1.67 bits per heavy atom. The molecule has 0 bridgehead atoms. The molecule has 0 unspecified atom stereocenters. The second kappa shape index (κ2) is 11.3. The van der Waals surface area contributed by atoms with Crippen LogP contribution in [0.1, 0.15) is 49.1 Å². The smallest absolute Gasteiger partial charge is 0.336 e. The number of benzene rings is 3. The summed E-state index contributed by atoms with van der Waals surface area (Å²) >= 11 is 0. The topological polar surface area (TPSA) is 142 Å². The Balaban J connectivity index is 1.90. The molecule has 0 fully saturated rings. The van der Waals surface area contributed by atoms with Crippen LogP contribution in [0.25, 0.3) is 10.9 Å². The molecule has 4 rings (SSSR count). The Labute approximate surface area is 224 Å². The zero-order valence-corrected chi connectivity index (χ0v) is 21.6. The summed E-state index contributed by atoms with van der Waals surface area (Å²) < 4.78 is 1.07. The van der Waals surface area contributed by atoms with Gasteiger partial charge in [-0.05, 0) is 48.9 Å². The zero-order chi connectivity index (χ0) is 28.3. The van der Waals surface area contributed by atoms with Crippen molar-refractivity contribution < 1.29 is 34.5 Å². The number of carboxylic acid groups (broad SMARTS) is 1. The standard InChI is InChI=1S/C29H27N3O7/c1-17-15-23-24(16-22(17)29(37)38)32(18(2)34)28(36)25(23)26(19-7-5-4-6-8-19)30-21-11-9-20(10-12-21)27(35)31(3)39-14-13-33/h4-12,15-16,33,36H,13-14H2,1-3H3,(H,37,38). The fraction of sp³-hybridized carbons (Fsp3) is 0.172. The Bertz CT molecular complexity index is 1590. The largest absolute Gasteiger partial charge is 0.494 e. The minimum absolute atomic E-state index is 0.0143. The maximum atomic E-state index is 12.6. The Morgan fingerprint density at radius 3 is 2.26 bits per heavy atom. The minimum atomic E-state index is -1.15. The van der Waals surface area contributed by atoms with Crippen LogP contribution in [-0.4, -0.2) is 68.7 Å². The van der Waals surface area contributed by atoms with Crippen LogP contribution in [0, 0.1) is 6.92 Å². The van der Waals surface area contributed by atoms with Crippen molar-refractivity contribution in [3.8, 4) is 5.88 Å². The average Bonchev–Trinajstić information content (AvgIpc) is 3.20. The second-order valence-corrected chi connectivity index (χ2v) is 8.78. The van der Waals surface area contributed by atoms with E-state index in [1.54, 1.807) is 49.4 Å². The fourth-order valence-corrected chi connectivity index (χ4v) is 4.30. The summed E-state index contributed by atoms with van der Waals surface area (Å²) in [6, 6.07) is 18.5. The van der Waals surface area contributed by atoms with Gasteiger partial charge >= 0.3 is 5.97 Å². The number of aliphatic imine (C=N–C) groups is 1. The highest BCUT2D eigenvalue weighted by atomic mass is 16.7. The van der Waals surface area contributed by atoms with Gasteiger partial charge in [0.2, 0.25) is 11.8 Å². The number of hydroxylamine groups is 2. The maximum Gasteiger partial charge on any atom is 0.336 e. The van der Waals surface area contributed by atoms with Crippen molar-refractivity contribution >= 4 is 40.1 Å². The van der Waals surface area contributed by atoms with E-state index in [0.717, 1.165) is 9.63 Å². The van der Waals surface area contributed by atoms with Crippen LogP contribution >= 0.6 is 0 Å². The van der Waals surface area contributed by atoms with Crippen molar-refractivity contribution in [1.82, 2.24) is 9.63 Å². The normalized spacial score (nSPS) is 11.5. The Kier molecular flexibility index (Phi) is 7.89. The molecule has 0 saturated heterocycles. The summed E-state index contributed by atoms with van der Waals surface area (Å²) in [5.41, 5.74) is 2.78. The van der Waals surface area contributed by atoms with Gasteiger partial charge in [0, 0.05) is 30.5 Å². The number of carbonyl (C=O) groups excluding carboxylic acids is 2. The monoisotopic (exact) mass is 529 g/mol. The number of hydrogen-bond donors (Lipinski definition) is 3. The molecule has 1 aromatic heterocycles. The molecule has 1 amide bonds. The molecule has 0 atom stereocenters. The summed E-state index contributed by atoms with van der Waals surface area (Å²) in [7, 11) is 1.45. The van der Waals surface area contributed by atoms with Crippen molar-refractivity contribution in [2.75, 3.05) is 20.3 Å². The van der Waals surface area contributed by atoms with Gasteiger partial charge in [0.1, 0.15) is 0 Å². The van der Waals surface area contributed by atoms with Crippen molar-refractivity contribution in [3.05, 3.63) is 94.5 Å². The summed E-state index contributed by atoms with van der Waals surface area (Å²) in [5.74, 6) is -2.41. The highest BCUT2D eigenvalue weighted by Crippen LogP contribution is 2.36. The van der Waals surface area contributed by atoms with Crippen LogP contribution in [-0.2, 0) is 4.84 Å². The fourth-order valence-electron chi connectivity index (χ4n) is 4.30. The van der Waals surface area contributed by atoms with Crippen molar-refractivity contribution in [3.63, 3.8) is 0 Å². The molecule has 39 heavy (non-hydrogen) atoms. The first-order valence-corrected chi connectivity index (χ1v) is 12.0. The Morgan fingerprint density at radius 1 is 1.00 bits per heavy atom. The van der Waals surface area contributed by atoms with Gasteiger partial charge in [0.15, 0.2) is 0 Å². The number of nitrogens with zero attached hydrogens (tertiary/aromatic N) is 3. The van der Waals surface area contributed by atoms with E-state index in [1.807, 2.05) is 18.2 Å². The number of rotatable bonds is 8. The van der Waals surface area contributed by atoms with Gasteiger partial charge in [-0.3, -0.25) is 19.0 Å². The molecule has 0 saturated carbocycles. The van der Waals surface area contributed by atoms with Gasteiger partial charge in [-0.1, -0.05) is 30.3 Å². The van der Waals surface area contributed by atoms with Gasteiger partial charge in [-0.15, -0.1) is 0 Å². The molecule has 0 aliphatic heterocycles. The number of aromatic hydroxyl groups is 1. The number of aliphatic hydroxyl groups excluding tert-OH is 1. The molecule has 3 N–H and O–H groups in total. The van der Waals surface area contributed by atoms with E-state index in [-0.39, 0.29) is 35.7 Å². The van der Waals surface area contributed by atoms with Crippen molar-refractivity contribution in [2.24, 2.45) is 4.99 Å². The van der Waals surface area contributed by atoms with Gasteiger partial charge in [0.05, 0.1) is 41.3 Å². The number of carbonyl (C=O) groups is 3. The quantitative estimate of drug-likeness (QED) is 0.230. The zero-order valence-electron chi connectivity index (χ0n) is 21.6. The van der Waals surface area contributed by atoms with Crippen molar-refractivity contribution in [1.29, 1.82) is 0 Å². The number of fused-ring (bicyclic) bond motifs is 1. The number of aliphatic hydroxyl groups is 1. The van der Waals surface area contributed by atoms with Crippen LogP contribution < -0.4 is 0 Å². The first kappa shape index (κ1) is 27.2. The van der Waals surface area contributed by atoms with E-state index in [0.29, 0.717) is 33.5 Å². The highest BCUT2D eigenvalue weighted by Gasteiger charge is 2.26. The third kappa shape index (κ3) is 5.42. The molecule has 10 nitrogen and oxygen atoms in total. The van der Waals surface area contributed by atoms with E-state index >= 15 is 0 Å². The molecular weight excluding hydrogens is 502 g/mol. The first-order chi connectivity index (χ1) is 18.6. The van der Waals surface area contributed by atoms with E-state index in [2.05, 4.69) is 0 Å². The Hall–Kier alpha value is -4.80. The van der Waals surface area contributed by atoms with Crippen LogP contribution in [0.2, 0.25) is 0 Å². The third-order valence-electron chi connectivity index (χ3n) is 6.14. The van der Waals surface area contributed by atoms with Gasteiger partial charge in [0.25, 0.3) is 5.91 Å². The molecule has 1 heterocycles. The predicted molar refractivity (Wildman–Crippen MR) is 145 cm³/mol. The predicted octanol–water partition coefficient (Wildman–Crippen LogP) is 4.18. The molecule has 0 spiro atoms. The number of carboxylic acids is 1. The third-order valence-corrected chi connectivity index (χ3v) is 6.14. The minimum Gasteiger partial charge on any atom is -0.494 e. The summed E-state index contributed by atoms with van der Waals surface area (Å²) in [6.45, 7) is 2.68. The SMILES string of the molecule is CC(=O)n1c(O)c(C(=Nc2ccc(C(=O)N(C)OCCO)cc2)c2ccccc2)c2cc(C)c(C(=O)O)cc21. The van der Waals surface area contributed by atoms with E-state index < -0.39 is 17.8 Å². The lowest BCUT2D eigenvalue weighted by molar-refractivity contribution is -0.114. The molecule has 0 radical (unpaired) electrons. The van der Waals surface area contributed by atoms with Gasteiger partial charge < -0.3 is 15.3 Å². The number of amides is 1. The molecule has 0 aliphatic carbocycles. The van der Waals surface area contributed by atoms with Gasteiger partial charge in [-0.2, -0.15) is 0 Å². The summed E-state index contributed by atoms with van der Waals surface area (Å²) in [5, 5.41) is 31.3. The van der Waals surface area contributed by atoms with Crippen LogP contribution in [0.5, 0.6) is 5.88 Å². The number of hydrogen-bond acceptors (Lipinski definition) is 7. The molecule has 0 aliphatic rings. The number of aryl methyl sites for hydroxylation is 1. The number of aromatic carboxylic acids is 1. The molecule has 200 valence electrons.